The number of esters is 1. The smallest absolute Gasteiger partial charge is 0.356 e. The molecule has 3 aromatic rings. The van der Waals surface area contributed by atoms with Gasteiger partial charge in [-0.05, 0) is 44.2 Å². The summed E-state index contributed by atoms with van der Waals surface area (Å²) < 4.78 is 12.4. The van der Waals surface area contributed by atoms with E-state index in [-0.39, 0.29) is 30.2 Å². The molecule has 1 aliphatic rings. The van der Waals surface area contributed by atoms with Crippen molar-refractivity contribution >= 4 is 34.3 Å². The van der Waals surface area contributed by atoms with Crippen LogP contribution in [0.25, 0.3) is 11.0 Å². The van der Waals surface area contributed by atoms with Crippen molar-refractivity contribution in [2.45, 2.75) is 45.2 Å². The molecule has 4 rings (SSSR count). The fourth-order valence-corrected chi connectivity index (χ4v) is 4.56. The molecular weight excluding hydrogens is 460 g/mol. The number of fused-ring (bicyclic) bond motifs is 1. The molecule has 0 aliphatic carbocycles. The zero-order chi connectivity index (χ0) is 25.5. The van der Waals surface area contributed by atoms with Gasteiger partial charge in [-0.3, -0.25) is 4.79 Å². The van der Waals surface area contributed by atoms with Gasteiger partial charge in [-0.15, -0.1) is 0 Å². The van der Waals surface area contributed by atoms with Crippen LogP contribution >= 0.6 is 0 Å². The summed E-state index contributed by atoms with van der Waals surface area (Å²) in [5, 5.41) is 16.2. The summed E-state index contributed by atoms with van der Waals surface area (Å²) in [6, 6.07) is 12.1. The van der Waals surface area contributed by atoms with Crippen LogP contribution in [0, 0.1) is 5.92 Å². The Labute approximate surface area is 210 Å². The molecule has 0 spiro atoms. The summed E-state index contributed by atoms with van der Waals surface area (Å²) >= 11 is 0. The Hall–Kier alpha value is -3.43. The molecule has 3 heterocycles. The quantitative estimate of drug-likeness (QED) is 0.349. The van der Waals surface area contributed by atoms with Gasteiger partial charge in [-0.2, -0.15) is 0 Å². The zero-order valence-electron chi connectivity index (χ0n) is 20.8. The van der Waals surface area contributed by atoms with E-state index in [2.05, 4.69) is 27.8 Å². The second-order valence-electron chi connectivity index (χ2n) is 9.16. The first-order valence-electron chi connectivity index (χ1n) is 12.4. The number of pyridine rings is 1. The minimum Gasteiger partial charge on any atom is -0.464 e. The van der Waals surface area contributed by atoms with Crippen molar-refractivity contribution in [2.24, 2.45) is 5.92 Å². The van der Waals surface area contributed by atoms with Crippen LogP contribution in [0.5, 0.6) is 0 Å². The van der Waals surface area contributed by atoms with E-state index >= 15 is 0 Å². The van der Waals surface area contributed by atoms with Crippen LogP contribution in [0.1, 0.15) is 42.2 Å². The monoisotopic (exact) mass is 494 g/mol. The lowest BCUT2D eigenvalue weighted by Crippen LogP contribution is -2.24. The Morgan fingerprint density at radius 1 is 1.31 bits per heavy atom. The number of aliphatic hydroxyl groups is 1. The van der Waals surface area contributed by atoms with Gasteiger partial charge >= 0.3 is 5.97 Å². The number of aliphatic hydroxyl groups excluding tert-OH is 1. The number of carbonyl (C=O) groups is 2. The van der Waals surface area contributed by atoms with E-state index in [1.165, 1.54) is 12.7 Å². The Bertz CT molecular complexity index is 1190. The Balaban J connectivity index is 1.73. The van der Waals surface area contributed by atoms with Crippen molar-refractivity contribution in [2.75, 3.05) is 37.6 Å². The number of ether oxygens (including phenoxy) is 2. The molecule has 2 aromatic heterocycles. The van der Waals surface area contributed by atoms with Crippen LogP contribution in [0.15, 0.2) is 42.6 Å². The molecule has 1 saturated heterocycles. The van der Waals surface area contributed by atoms with Crippen molar-refractivity contribution in [3.05, 3.63) is 53.9 Å². The molecule has 0 unspecified atom stereocenters. The number of hydrogen-bond donors (Lipinski definition) is 3. The summed E-state index contributed by atoms with van der Waals surface area (Å²) in [6.45, 7) is 3.47. The van der Waals surface area contributed by atoms with Gasteiger partial charge in [-0.1, -0.05) is 30.3 Å². The van der Waals surface area contributed by atoms with E-state index in [0.29, 0.717) is 49.3 Å². The number of nitrogens with zero attached hydrogens (tertiary/aromatic N) is 2. The number of carbonyl (C=O) groups excluding carboxylic acids is 2. The lowest BCUT2D eigenvalue weighted by molar-refractivity contribution is -0.119. The molecule has 9 heteroatoms. The standard InChI is InChI=1S/C27H34N4O5/c1-18(10-13-32)29-21-15-22-23(30-26(33)20-11-14-36-17-20)24(27(34)35-2)31(25(22)28-16-21)12-6-9-19-7-4-3-5-8-19/h3-5,7-8,15-16,18,20,29,32H,6,9-14,17H2,1-2H3,(H,30,33)/t18-,20-/m0/s1. The molecular formula is C27H34N4O5. The van der Waals surface area contributed by atoms with Crippen LogP contribution in [-0.4, -0.2) is 59.5 Å². The topological polar surface area (TPSA) is 115 Å². The van der Waals surface area contributed by atoms with E-state index in [0.717, 1.165) is 18.5 Å². The van der Waals surface area contributed by atoms with Crippen molar-refractivity contribution in [1.29, 1.82) is 0 Å². The van der Waals surface area contributed by atoms with Gasteiger partial charge in [0.2, 0.25) is 5.91 Å². The summed E-state index contributed by atoms with van der Waals surface area (Å²) in [5.41, 5.74) is 3.23. The second kappa shape index (κ2) is 12.0. The molecule has 1 aliphatic heterocycles. The summed E-state index contributed by atoms with van der Waals surface area (Å²) in [4.78, 5) is 30.8. The fraction of sp³-hybridized carbons (Fsp3) is 0.444. The minimum atomic E-state index is -0.533. The first kappa shape index (κ1) is 25.7. The second-order valence-corrected chi connectivity index (χ2v) is 9.16. The first-order valence-corrected chi connectivity index (χ1v) is 12.4. The number of aryl methyl sites for hydroxylation is 2. The first-order chi connectivity index (χ1) is 17.5. The zero-order valence-corrected chi connectivity index (χ0v) is 20.8. The van der Waals surface area contributed by atoms with E-state index in [4.69, 9.17) is 9.47 Å². The average molecular weight is 495 g/mol. The van der Waals surface area contributed by atoms with Gasteiger partial charge in [-0.25, -0.2) is 9.78 Å². The number of rotatable bonds is 11. The largest absolute Gasteiger partial charge is 0.464 e. The molecule has 1 amide bonds. The lowest BCUT2D eigenvalue weighted by Gasteiger charge is -2.14. The van der Waals surface area contributed by atoms with Crippen LogP contribution in [0.3, 0.4) is 0 Å². The maximum Gasteiger partial charge on any atom is 0.356 e. The van der Waals surface area contributed by atoms with Crippen LogP contribution in [0.2, 0.25) is 0 Å². The Kier molecular flexibility index (Phi) is 8.56. The molecule has 36 heavy (non-hydrogen) atoms. The van der Waals surface area contributed by atoms with Gasteiger partial charge in [0.1, 0.15) is 5.65 Å². The third-order valence-electron chi connectivity index (χ3n) is 6.49. The van der Waals surface area contributed by atoms with Crippen LogP contribution < -0.4 is 10.6 Å². The number of amides is 1. The number of nitrogens with one attached hydrogen (secondary N) is 2. The number of aromatic nitrogens is 2. The van der Waals surface area contributed by atoms with Crippen molar-refractivity contribution in [3.8, 4) is 0 Å². The number of benzene rings is 1. The molecule has 2 atom stereocenters. The minimum absolute atomic E-state index is 0.0240. The van der Waals surface area contributed by atoms with Gasteiger partial charge in [0.25, 0.3) is 0 Å². The van der Waals surface area contributed by atoms with Gasteiger partial charge < -0.3 is 29.8 Å². The highest BCUT2D eigenvalue weighted by Crippen LogP contribution is 2.34. The molecule has 1 fully saturated rings. The molecule has 0 radical (unpaired) electrons. The molecule has 0 saturated carbocycles. The Morgan fingerprint density at radius 3 is 2.81 bits per heavy atom. The van der Waals surface area contributed by atoms with Gasteiger partial charge in [0, 0.05) is 31.2 Å². The van der Waals surface area contributed by atoms with Gasteiger partial charge in [0.05, 0.1) is 37.2 Å². The van der Waals surface area contributed by atoms with Crippen LogP contribution in [0.4, 0.5) is 11.4 Å². The third kappa shape index (κ3) is 5.85. The molecule has 1 aromatic carbocycles. The van der Waals surface area contributed by atoms with Crippen molar-refractivity contribution in [1.82, 2.24) is 9.55 Å². The fourth-order valence-electron chi connectivity index (χ4n) is 4.56. The van der Waals surface area contributed by atoms with Crippen LogP contribution in [-0.2, 0) is 27.2 Å². The molecule has 9 nitrogen and oxygen atoms in total. The summed E-state index contributed by atoms with van der Waals surface area (Å²) in [6.07, 6.45) is 4.54. The van der Waals surface area contributed by atoms with Gasteiger partial charge in [0.15, 0.2) is 5.69 Å². The third-order valence-corrected chi connectivity index (χ3v) is 6.49. The van der Waals surface area contributed by atoms with E-state index < -0.39 is 5.97 Å². The van der Waals surface area contributed by atoms with Crippen molar-refractivity contribution in [3.63, 3.8) is 0 Å². The molecule has 3 N–H and O–H groups in total. The highest BCUT2D eigenvalue weighted by atomic mass is 16.5. The van der Waals surface area contributed by atoms with Crippen molar-refractivity contribution < 1.29 is 24.2 Å². The van der Waals surface area contributed by atoms with E-state index in [1.807, 2.05) is 35.8 Å². The normalized spacial score (nSPS) is 16.1. The average Bonchev–Trinajstić information content (AvgIpc) is 3.52. The van der Waals surface area contributed by atoms with E-state index in [9.17, 15) is 14.7 Å². The summed E-state index contributed by atoms with van der Waals surface area (Å²) in [7, 11) is 1.34. The maximum atomic E-state index is 13.1. The molecule has 192 valence electrons. The predicted octanol–water partition coefficient (Wildman–Crippen LogP) is 3.61. The highest BCUT2D eigenvalue weighted by molar-refractivity contribution is 6.11. The Morgan fingerprint density at radius 2 is 2.11 bits per heavy atom. The predicted molar refractivity (Wildman–Crippen MR) is 138 cm³/mol. The number of methoxy groups -OCH3 is 1. The summed E-state index contributed by atoms with van der Waals surface area (Å²) in [5.74, 6) is -0.993. The molecule has 0 bridgehead atoms. The maximum absolute atomic E-state index is 13.1. The van der Waals surface area contributed by atoms with E-state index in [1.54, 1.807) is 6.20 Å². The lowest BCUT2D eigenvalue weighted by atomic mass is 10.1. The number of hydrogen-bond acceptors (Lipinski definition) is 7. The number of anilines is 2. The SMILES string of the molecule is COC(=O)c1c(NC(=O)[C@H]2CCOC2)c2cc(N[C@@H](C)CCO)cnc2n1CCCc1ccccc1. The highest BCUT2D eigenvalue weighted by Gasteiger charge is 2.29.